The van der Waals surface area contributed by atoms with Gasteiger partial charge in [-0.05, 0) is 31.2 Å². The first kappa shape index (κ1) is 12.3. The highest BCUT2D eigenvalue weighted by Crippen LogP contribution is 2.30. The number of hydrogen-bond donors (Lipinski definition) is 0. The van der Waals surface area contributed by atoms with Crippen LogP contribution in [-0.4, -0.2) is 4.98 Å². The van der Waals surface area contributed by atoms with Crippen LogP contribution in [0.3, 0.4) is 0 Å². The van der Waals surface area contributed by atoms with E-state index in [9.17, 15) is 0 Å². The highest BCUT2D eigenvalue weighted by molar-refractivity contribution is 7.09. The molecule has 1 aromatic carbocycles. The van der Waals surface area contributed by atoms with Crippen LogP contribution in [0.4, 0.5) is 0 Å². The lowest BCUT2D eigenvalue weighted by molar-refractivity contribution is 0.525. The Morgan fingerprint density at radius 2 is 1.76 bits per heavy atom. The molecule has 0 N–H and O–H groups in total. The van der Waals surface area contributed by atoms with Gasteiger partial charge in [-0.2, -0.15) is 0 Å². The van der Waals surface area contributed by atoms with E-state index in [1.54, 1.807) is 11.3 Å². The minimum Gasteiger partial charge on any atom is -0.253 e. The first-order valence-electron chi connectivity index (χ1n) is 5.93. The monoisotopic (exact) mass is 245 g/mol. The van der Waals surface area contributed by atoms with Crippen LogP contribution in [0.15, 0.2) is 29.9 Å². The molecule has 0 bridgehead atoms. The molecule has 90 valence electrons. The number of hydrogen-bond acceptors (Lipinski definition) is 2. The molecule has 0 saturated carbocycles. The Morgan fingerprint density at radius 3 is 2.29 bits per heavy atom. The summed E-state index contributed by atoms with van der Waals surface area (Å²) in [5.74, 6) is 0. The Hall–Kier alpha value is -1.15. The summed E-state index contributed by atoms with van der Waals surface area (Å²) in [5.41, 5.74) is 6.19. The quantitative estimate of drug-likeness (QED) is 0.786. The number of nitrogens with zero attached hydrogens (tertiary/aromatic N) is 1. The molecule has 2 aromatic rings. The van der Waals surface area contributed by atoms with Crippen LogP contribution in [-0.2, 0) is 11.8 Å². The topological polar surface area (TPSA) is 12.9 Å². The van der Waals surface area contributed by atoms with Crippen LogP contribution in [0.5, 0.6) is 0 Å². The number of benzene rings is 1. The summed E-state index contributed by atoms with van der Waals surface area (Å²) >= 11 is 1.74. The fourth-order valence-electron chi connectivity index (χ4n) is 2.23. The fourth-order valence-corrected chi connectivity index (χ4v) is 3.06. The molecule has 0 saturated heterocycles. The predicted molar refractivity (Wildman–Crippen MR) is 74.8 cm³/mol. The average Bonchev–Trinajstić information content (AvgIpc) is 2.68. The molecule has 2 heteroatoms. The van der Waals surface area contributed by atoms with Gasteiger partial charge >= 0.3 is 0 Å². The van der Waals surface area contributed by atoms with E-state index < -0.39 is 0 Å². The minimum atomic E-state index is 0.170. The van der Waals surface area contributed by atoms with Gasteiger partial charge in [0.15, 0.2) is 0 Å². The summed E-state index contributed by atoms with van der Waals surface area (Å²) in [4.78, 5) is 5.51. The van der Waals surface area contributed by atoms with Gasteiger partial charge in [0.1, 0.15) is 0 Å². The van der Waals surface area contributed by atoms with Crippen molar-refractivity contribution in [2.24, 2.45) is 0 Å². The molecular formula is C15H19NS. The number of rotatable bonds is 3. The molecule has 0 aliphatic carbocycles. The van der Waals surface area contributed by atoms with Crippen LogP contribution in [0.25, 0.3) is 0 Å². The molecule has 2 rings (SSSR count). The molecule has 0 fully saturated rings. The van der Waals surface area contributed by atoms with Crippen LogP contribution in [0.2, 0.25) is 0 Å². The summed E-state index contributed by atoms with van der Waals surface area (Å²) in [6, 6.07) is 6.83. The average molecular weight is 245 g/mol. The maximum absolute atomic E-state index is 4.15. The zero-order valence-electron chi connectivity index (χ0n) is 10.9. The van der Waals surface area contributed by atoms with Crippen molar-refractivity contribution < 1.29 is 0 Å². The lowest BCUT2D eigenvalue weighted by atomic mass is 9.80. The SMILES string of the molecule is Cc1cc(C)cc(C(C)(C)Cc2cncs2)c1. The maximum Gasteiger partial charge on any atom is 0.0794 e. The maximum atomic E-state index is 4.15. The standard InChI is InChI=1S/C15H19NS/c1-11-5-12(2)7-13(6-11)15(3,4)8-14-9-16-10-17-14/h5-7,9-10H,8H2,1-4H3. The van der Waals surface area contributed by atoms with Gasteiger partial charge in [-0.15, -0.1) is 11.3 Å². The molecule has 0 atom stereocenters. The third kappa shape index (κ3) is 2.95. The Morgan fingerprint density at radius 1 is 1.12 bits per heavy atom. The zero-order chi connectivity index (χ0) is 12.5. The second-order valence-electron chi connectivity index (χ2n) is 5.40. The lowest BCUT2D eigenvalue weighted by Crippen LogP contribution is -2.20. The highest BCUT2D eigenvalue weighted by Gasteiger charge is 2.22. The molecule has 0 radical (unpaired) electrons. The van der Waals surface area contributed by atoms with Crippen molar-refractivity contribution in [2.75, 3.05) is 0 Å². The largest absolute Gasteiger partial charge is 0.253 e. The van der Waals surface area contributed by atoms with Crippen molar-refractivity contribution in [2.45, 2.75) is 39.5 Å². The normalized spacial score (nSPS) is 11.8. The molecule has 0 spiro atoms. The molecule has 17 heavy (non-hydrogen) atoms. The second-order valence-corrected chi connectivity index (χ2v) is 6.38. The van der Waals surface area contributed by atoms with Gasteiger partial charge in [0.05, 0.1) is 5.51 Å². The summed E-state index contributed by atoms with van der Waals surface area (Å²) < 4.78 is 0. The molecule has 0 aliphatic rings. The van der Waals surface area contributed by atoms with Crippen molar-refractivity contribution in [3.63, 3.8) is 0 Å². The van der Waals surface area contributed by atoms with Crippen molar-refractivity contribution >= 4 is 11.3 Å². The van der Waals surface area contributed by atoms with E-state index in [-0.39, 0.29) is 5.41 Å². The van der Waals surface area contributed by atoms with Crippen LogP contribution in [0.1, 0.15) is 35.4 Å². The highest BCUT2D eigenvalue weighted by atomic mass is 32.1. The van der Waals surface area contributed by atoms with Crippen molar-refractivity contribution in [3.8, 4) is 0 Å². The molecule has 1 nitrogen and oxygen atoms in total. The van der Waals surface area contributed by atoms with Gasteiger partial charge in [0, 0.05) is 11.1 Å². The van der Waals surface area contributed by atoms with E-state index >= 15 is 0 Å². The van der Waals surface area contributed by atoms with Crippen LogP contribution < -0.4 is 0 Å². The first-order valence-corrected chi connectivity index (χ1v) is 6.81. The van der Waals surface area contributed by atoms with E-state index in [1.165, 1.54) is 21.6 Å². The third-order valence-corrected chi connectivity index (χ3v) is 3.88. The fraction of sp³-hybridized carbons (Fsp3) is 0.400. The van der Waals surface area contributed by atoms with E-state index in [1.807, 2.05) is 11.7 Å². The van der Waals surface area contributed by atoms with Crippen LogP contribution in [0, 0.1) is 13.8 Å². The Kier molecular flexibility index (Phi) is 3.34. The molecular weight excluding hydrogens is 226 g/mol. The Labute approximate surface area is 108 Å². The van der Waals surface area contributed by atoms with Gasteiger partial charge in [-0.3, -0.25) is 4.98 Å². The number of aromatic nitrogens is 1. The van der Waals surface area contributed by atoms with Crippen molar-refractivity contribution in [1.82, 2.24) is 4.98 Å². The van der Waals surface area contributed by atoms with E-state index in [0.29, 0.717) is 0 Å². The number of aryl methyl sites for hydroxylation is 2. The summed E-state index contributed by atoms with van der Waals surface area (Å²) in [6.07, 6.45) is 3.04. The minimum absolute atomic E-state index is 0.170. The summed E-state index contributed by atoms with van der Waals surface area (Å²) in [7, 11) is 0. The first-order chi connectivity index (χ1) is 7.97. The Balaban J connectivity index is 2.30. The van der Waals surface area contributed by atoms with E-state index in [4.69, 9.17) is 0 Å². The zero-order valence-corrected chi connectivity index (χ0v) is 11.8. The van der Waals surface area contributed by atoms with Crippen molar-refractivity contribution in [1.29, 1.82) is 0 Å². The van der Waals surface area contributed by atoms with Gasteiger partial charge in [0.2, 0.25) is 0 Å². The smallest absolute Gasteiger partial charge is 0.0794 e. The van der Waals surface area contributed by atoms with Crippen molar-refractivity contribution in [3.05, 3.63) is 51.5 Å². The lowest BCUT2D eigenvalue weighted by Gasteiger charge is -2.25. The third-order valence-electron chi connectivity index (χ3n) is 3.10. The molecule has 0 unspecified atom stereocenters. The Bertz CT molecular complexity index is 477. The van der Waals surface area contributed by atoms with Gasteiger partial charge in [-0.1, -0.05) is 43.2 Å². The molecule has 1 aromatic heterocycles. The van der Waals surface area contributed by atoms with Gasteiger partial charge in [0.25, 0.3) is 0 Å². The molecule has 0 aliphatic heterocycles. The van der Waals surface area contributed by atoms with Gasteiger partial charge < -0.3 is 0 Å². The van der Waals surface area contributed by atoms with E-state index in [0.717, 1.165) is 6.42 Å². The summed E-state index contributed by atoms with van der Waals surface area (Å²) in [5, 5.41) is 0. The molecule has 0 amide bonds. The van der Waals surface area contributed by atoms with E-state index in [2.05, 4.69) is 50.9 Å². The number of thiazole rings is 1. The summed E-state index contributed by atoms with van der Waals surface area (Å²) in [6.45, 7) is 8.94. The second kappa shape index (κ2) is 4.61. The van der Waals surface area contributed by atoms with Gasteiger partial charge in [-0.25, -0.2) is 0 Å². The van der Waals surface area contributed by atoms with Crippen LogP contribution >= 0.6 is 11.3 Å². The molecule has 1 heterocycles. The predicted octanol–water partition coefficient (Wildman–Crippen LogP) is 4.28.